The number of nitrogens with zero attached hydrogens (tertiary/aromatic N) is 2. The number of hydrogen-bond acceptors (Lipinski definition) is 5. The minimum Gasteiger partial charge on any atom is -0.444 e. The van der Waals surface area contributed by atoms with Gasteiger partial charge >= 0.3 is 6.09 Å². The molecule has 118 valence electrons. The summed E-state index contributed by atoms with van der Waals surface area (Å²) in [4.78, 5) is 16.2. The molecule has 6 nitrogen and oxygen atoms in total. The van der Waals surface area contributed by atoms with Crippen molar-refractivity contribution in [2.75, 3.05) is 53.4 Å². The van der Waals surface area contributed by atoms with Crippen LogP contribution in [0.2, 0.25) is 0 Å². The molecule has 1 atom stereocenters. The molecule has 0 aromatic heterocycles. The molecule has 1 amide bonds. The number of ether oxygens (including phenoxy) is 1. The first-order valence-electron chi connectivity index (χ1n) is 7.34. The molecule has 1 unspecified atom stereocenters. The predicted octanol–water partition coefficient (Wildman–Crippen LogP) is 0.347. The summed E-state index contributed by atoms with van der Waals surface area (Å²) in [5.41, 5.74) is -0.438. The molecular weight excluding hydrogens is 256 g/mol. The summed E-state index contributed by atoms with van der Waals surface area (Å²) in [7, 11) is 4.32. The van der Waals surface area contributed by atoms with E-state index in [1.165, 1.54) is 0 Å². The number of likely N-dealkylation sites (N-methyl/N-ethyl adjacent to an activating group) is 2. The Hall–Kier alpha value is -0.850. The van der Waals surface area contributed by atoms with Crippen LogP contribution in [0.1, 0.15) is 20.8 Å². The van der Waals surface area contributed by atoms with Gasteiger partial charge in [-0.15, -0.1) is 0 Å². The third kappa shape index (κ3) is 7.07. The van der Waals surface area contributed by atoms with Gasteiger partial charge in [0, 0.05) is 45.3 Å². The van der Waals surface area contributed by atoms with Gasteiger partial charge < -0.3 is 20.3 Å². The zero-order valence-corrected chi connectivity index (χ0v) is 13.5. The molecule has 2 N–H and O–H groups in total. The van der Waals surface area contributed by atoms with Crippen LogP contribution in [0.3, 0.4) is 0 Å². The van der Waals surface area contributed by atoms with E-state index in [2.05, 4.69) is 34.5 Å². The van der Waals surface area contributed by atoms with Gasteiger partial charge in [0.15, 0.2) is 0 Å². The molecular formula is C14H30N4O2. The fraction of sp³-hybridized carbons (Fsp3) is 0.929. The molecule has 1 fully saturated rings. The van der Waals surface area contributed by atoms with E-state index in [4.69, 9.17) is 4.74 Å². The maximum absolute atomic E-state index is 11.4. The SMILES string of the molecule is CN1CCN(C)C(CNCCNC(=O)OC(C)(C)C)C1. The van der Waals surface area contributed by atoms with Gasteiger partial charge in [0.1, 0.15) is 5.60 Å². The van der Waals surface area contributed by atoms with Gasteiger partial charge in [0.05, 0.1) is 0 Å². The second-order valence-electron chi connectivity index (χ2n) is 6.53. The quantitative estimate of drug-likeness (QED) is 0.714. The lowest BCUT2D eigenvalue weighted by Crippen LogP contribution is -2.54. The molecule has 1 aliphatic heterocycles. The number of rotatable bonds is 5. The molecule has 1 heterocycles. The summed E-state index contributed by atoms with van der Waals surface area (Å²) < 4.78 is 5.17. The van der Waals surface area contributed by atoms with Gasteiger partial charge in [-0.2, -0.15) is 0 Å². The molecule has 6 heteroatoms. The standard InChI is InChI=1S/C14H30N4O2/c1-14(2,3)20-13(19)16-7-6-15-10-12-11-17(4)8-9-18(12)5/h12,15H,6-11H2,1-5H3,(H,16,19). The lowest BCUT2D eigenvalue weighted by Gasteiger charge is -2.37. The lowest BCUT2D eigenvalue weighted by atomic mass is 10.2. The summed E-state index contributed by atoms with van der Waals surface area (Å²) in [6.45, 7) is 11.2. The molecule has 0 radical (unpaired) electrons. The Labute approximate surface area is 122 Å². The van der Waals surface area contributed by atoms with Crippen LogP contribution in [0.5, 0.6) is 0 Å². The number of carbonyl (C=O) groups is 1. The van der Waals surface area contributed by atoms with Crippen molar-refractivity contribution in [3.63, 3.8) is 0 Å². The van der Waals surface area contributed by atoms with E-state index in [0.29, 0.717) is 12.6 Å². The fourth-order valence-corrected chi connectivity index (χ4v) is 2.16. The summed E-state index contributed by atoms with van der Waals surface area (Å²) in [5.74, 6) is 0. The molecule has 1 saturated heterocycles. The normalized spacial score (nSPS) is 21.8. The maximum atomic E-state index is 11.4. The Morgan fingerprint density at radius 1 is 1.25 bits per heavy atom. The Balaban J connectivity index is 2.08. The molecule has 0 bridgehead atoms. The minimum atomic E-state index is -0.438. The molecule has 1 rings (SSSR count). The highest BCUT2D eigenvalue weighted by molar-refractivity contribution is 5.67. The number of hydrogen-bond donors (Lipinski definition) is 2. The number of piperazine rings is 1. The van der Waals surface area contributed by atoms with Crippen LogP contribution in [-0.4, -0.2) is 80.9 Å². The Kier molecular flexibility index (Phi) is 6.71. The van der Waals surface area contributed by atoms with Gasteiger partial charge in [-0.1, -0.05) is 0 Å². The van der Waals surface area contributed by atoms with Crippen LogP contribution in [0.15, 0.2) is 0 Å². The van der Waals surface area contributed by atoms with E-state index >= 15 is 0 Å². The van der Waals surface area contributed by atoms with Gasteiger partial charge in [-0.25, -0.2) is 4.79 Å². The Morgan fingerprint density at radius 3 is 2.60 bits per heavy atom. The van der Waals surface area contributed by atoms with Crippen LogP contribution in [0.4, 0.5) is 4.79 Å². The molecule has 0 aromatic rings. The van der Waals surface area contributed by atoms with Gasteiger partial charge in [0.25, 0.3) is 0 Å². The molecule has 0 saturated carbocycles. The predicted molar refractivity (Wildman–Crippen MR) is 81.0 cm³/mol. The van der Waals surface area contributed by atoms with E-state index in [9.17, 15) is 4.79 Å². The number of alkyl carbamates (subject to hydrolysis) is 1. The van der Waals surface area contributed by atoms with Crippen LogP contribution in [0, 0.1) is 0 Å². The van der Waals surface area contributed by atoms with E-state index < -0.39 is 5.60 Å². The summed E-state index contributed by atoms with van der Waals surface area (Å²) in [5, 5.41) is 6.13. The smallest absolute Gasteiger partial charge is 0.407 e. The molecule has 0 aliphatic carbocycles. The number of nitrogens with one attached hydrogen (secondary N) is 2. The van der Waals surface area contributed by atoms with Crippen molar-refractivity contribution in [3.8, 4) is 0 Å². The second-order valence-corrected chi connectivity index (χ2v) is 6.53. The highest BCUT2D eigenvalue weighted by atomic mass is 16.6. The Bertz CT molecular complexity index is 304. The fourth-order valence-electron chi connectivity index (χ4n) is 2.16. The van der Waals surface area contributed by atoms with Crippen molar-refractivity contribution < 1.29 is 9.53 Å². The maximum Gasteiger partial charge on any atom is 0.407 e. The lowest BCUT2D eigenvalue weighted by molar-refractivity contribution is 0.0527. The average molecular weight is 286 g/mol. The van der Waals surface area contributed by atoms with Crippen molar-refractivity contribution >= 4 is 6.09 Å². The van der Waals surface area contributed by atoms with Gasteiger partial charge in [-0.3, -0.25) is 4.90 Å². The summed E-state index contributed by atoms with van der Waals surface area (Å²) in [6.07, 6.45) is -0.353. The van der Waals surface area contributed by atoms with Crippen molar-refractivity contribution in [1.82, 2.24) is 20.4 Å². The molecule has 0 aromatic carbocycles. The highest BCUT2D eigenvalue weighted by Gasteiger charge is 2.21. The monoisotopic (exact) mass is 286 g/mol. The average Bonchev–Trinajstić information content (AvgIpc) is 2.30. The van der Waals surface area contributed by atoms with Crippen LogP contribution < -0.4 is 10.6 Å². The van der Waals surface area contributed by atoms with Gasteiger partial charge in [-0.05, 0) is 34.9 Å². The van der Waals surface area contributed by atoms with Gasteiger partial charge in [0.2, 0.25) is 0 Å². The molecule has 0 spiro atoms. The second kappa shape index (κ2) is 7.81. The van der Waals surface area contributed by atoms with Crippen molar-refractivity contribution in [3.05, 3.63) is 0 Å². The highest BCUT2D eigenvalue weighted by Crippen LogP contribution is 2.06. The largest absolute Gasteiger partial charge is 0.444 e. The first-order chi connectivity index (χ1) is 9.28. The Morgan fingerprint density at radius 2 is 1.95 bits per heavy atom. The molecule has 1 aliphatic rings. The van der Waals surface area contributed by atoms with E-state index in [-0.39, 0.29) is 6.09 Å². The first kappa shape index (κ1) is 17.2. The summed E-state index contributed by atoms with van der Waals surface area (Å²) in [6, 6.07) is 0.537. The zero-order chi connectivity index (χ0) is 15.2. The minimum absolute atomic E-state index is 0.353. The number of carbonyl (C=O) groups excluding carboxylic acids is 1. The van der Waals surface area contributed by atoms with Crippen molar-refractivity contribution in [2.45, 2.75) is 32.4 Å². The van der Waals surface area contributed by atoms with Crippen molar-refractivity contribution in [1.29, 1.82) is 0 Å². The van der Waals surface area contributed by atoms with E-state index in [1.807, 2.05) is 20.8 Å². The van der Waals surface area contributed by atoms with Crippen LogP contribution in [0.25, 0.3) is 0 Å². The molecule has 20 heavy (non-hydrogen) atoms. The zero-order valence-electron chi connectivity index (χ0n) is 13.5. The van der Waals surface area contributed by atoms with Crippen molar-refractivity contribution in [2.24, 2.45) is 0 Å². The third-order valence-electron chi connectivity index (χ3n) is 3.33. The van der Waals surface area contributed by atoms with E-state index in [0.717, 1.165) is 32.7 Å². The topological polar surface area (TPSA) is 56.8 Å². The van der Waals surface area contributed by atoms with E-state index in [1.54, 1.807) is 0 Å². The third-order valence-corrected chi connectivity index (χ3v) is 3.33. The van der Waals surface area contributed by atoms with Crippen LogP contribution >= 0.6 is 0 Å². The number of amides is 1. The first-order valence-corrected chi connectivity index (χ1v) is 7.34. The van der Waals surface area contributed by atoms with Crippen LogP contribution in [-0.2, 0) is 4.74 Å². The summed E-state index contributed by atoms with van der Waals surface area (Å²) >= 11 is 0.